The second kappa shape index (κ2) is 10.2. The number of amides is 3. The molecular formula is C28H26N4O5. The zero-order valence-electron chi connectivity index (χ0n) is 20.1. The number of benzene rings is 3. The van der Waals surface area contributed by atoms with E-state index in [9.17, 15) is 19.5 Å². The van der Waals surface area contributed by atoms with Crippen molar-refractivity contribution < 1.29 is 24.2 Å². The minimum absolute atomic E-state index is 0.00948. The van der Waals surface area contributed by atoms with Crippen LogP contribution in [0.3, 0.4) is 0 Å². The minimum Gasteiger partial charge on any atom is -0.467 e. The standard InChI is InChI=1S/C28H26N4O5/c1-37-27(35)24(15-19-16-29-23-14-8-7-11-20(19)23)30-28(36)31(17-18-9-3-2-4-10-18)32-25(33)21-12-5-6-13-22(21)26(32)34/h2-14,16,24-25,29,33H,15,17H2,1H3,(H,30,36). The lowest BCUT2D eigenvalue weighted by Gasteiger charge is -2.35. The van der Waals surface area contributed by atoms with Gasteiger partial charge in [-0.05, 0) is 23.3 Å². The highest BCUT2D eigenvalue weighted by molar-refractivity contribution is 6.00. The Labute approximate surface area is 213 Å². The van der Waals surface area contributed by atoms with Crippen molar-refractivity contribution >= 4 is 28.8 Å². The van der Waals surface area contributed by atoms with Gasteiger partial charge in [-0.15, -0.1) is 0 Å². The quantitative estimate of drug-likeness (QED) is 0.337. The first kappa shape index (κ1) is 24.1. The molecule has 37 heavy (non-hydrogen) atoms. The van der Waals surface area contributed by atoms with Crippen molar-refractivity contribution in [2.45, 2.75) is 25.2 Å². The van der Waals surface area contributed by atoms with Crippen LogP contribution >= 0.6 is 0 Å². The predicted octanol–water partition coefficient (Wildman–Crippen LogP) is 3.53. The van der Waals surface area contributed by atoms with Crippen LogP contribution in [0.5, 0.6) is 0 Å². The molecule has 4 aromatic rings. The van der Waals surface area contributed by atoms with Gasteiger partial charge >= 0.3 is 12.0 Å². The van der Waals surface area contributed by atoms with Gasteiger partial charge in [0.05, 0.1) is 13.7 Å². The number of rotatable bonds is 7. The van der Waals surface area contributed by atoms with E-state index < -0.39 is 30.2 Å². The van der Waals surface area contributed by atoms with Crippen molar-refractivity contribution in [3.05, 3.63) is 107 Å². The van der Waals surface area contributed by atoms with Crippen molar-refractivity contribution in [1.82, 2.24) is 20.3 Å². The van der Waals surface area contributed by atoms with Gasteiger partial charge in [0.2, 0.25) is 0 Å². The topological polar surface area (TPSA) is 115 Å². The number of carbonyl (C=O) groups is 3. The Balaban J connectivity index is 1.45. The number of H-pyrrole nitrogens is 1. The third kappa shape index (κ3) is 4.64. The Bertz CT molecular complexity index is 1450. The molecule has 0 aliphatic carbocycles. The second-order valence-electron chi connectivity index (χ2n) is 8.74. The summed E-state index contributed by atoms with van der Waals surface area (Å²) in [4.78, 5) is 42.9. The highest BCUT2D eigenvalue weighted by Crippen LogP contribution is 2.33. The van der Waals surface area contributed by atoms with Gasteiger partial charge in [0, 0.05) is 34.6 Å². The van der Waals surface area contributed by atoms with E-state index in [1.807, 2.05) is 54.6 Å². The molecule has 9 nitrogen and oxygen atoms in total. The van der Waals surface area contributed by atoms with Gasteiger partial charge < -0.3 is 20.1 Å². The van der Waals surface area contributed by atoms with Gasteiger partial charge in [-0.2, -0.15) is 0 Å². The first-order valence-corrected chi connectivity index (χ1v) is 11.8. The van der Waals surface area contributed by atoms with E-state index in [0.717, 1.165) is 32.0 Å². The Hall–Kier alpha value is -4.63. The lowest BCUT2D eigenvalue weighted by molar-refractivity contribution is -0.143. The SMILES string of the molecule is COC(=O)C(Cc1c[nH]c2ccccc12)NC(=O)N(Cc1ccccc1)N1C(=O)c2ccccc2C1O. The molecular weight excluding hydrogens is 472 g/mol. The number of methoxy groups -OCH3 is 1. The van der Waals surface area contributed by atoms with Gasteiger partial charge in [-0.3, -0.25) is 4.79 Å². The lowest BCUT2D eigenvalue weighted by Crippen LogP contribution is -2.55. The predicted molar refractivity (Wildman–Crippen MR) is 136 cm³/mol. The number of aromatic nitrogens is 1. The molecule has 1 aliphatic heterocycles. The maximum atomic E-state index is 13.7. The molecule has 0 fully saturated rings. The van der Waals surface area contributed by atoms with Gasteiger partial charge in [-0.25, -0.2) is 19.6 Å². The van der Waals surface area contributed by atoms with E-state index in [1.54, 1.807) is 30.5 Å². The largest absolute Gasteiger partial charge is 0.467 e. The zero-order chi connectivity index (χ0) is 25.9. The van der Waals surface area contributed by atoms with Crippen LogP contribution in [0.1, 0.15) is 33.3 Å². The van der Waals surface area contributed by atoms with Gasteiger partial charge in [0.1, 0.15) is 6.04 Å². The number of esters is 1. The number of hydrazine groups is 1. The fourth-order valence-corrected chi connectivity index (χ4v) is 4.61. The monoisotopic (exact) mass is 498 g/mol. The summed E-state index contributed by atoms with van der Waals surface area (Å²) >= 11 is 0. The molecule has 1 aromatic heterocycles. The molecule has 188 valence electrons. The van der Waals surface area contributed by atoms with E-state index in [2.05, 4.69) is 10.3 Å². The van der Waals surface area contributed by atoms with Gasteiger partial charge in [-0.1, -0.05) is 66.7 Å². The maximum Gasteiger partial charge on any atom is 0.337 e. The van der Waals surface area contributed by atoms with E-state index in [4.69, 9.17) is 4.74 Å². The van der Waals surface area contributed by atoms with Crippen molar-refractivity contribution in [1.29, 1.82) is 0 Å². The van der Waals surface area contributed by atoms with E-state index >= 15 is 0 Å². The van der Waals surface area contributed by atoms with Crippen molar-refractivity contribution in [3.8, 4) is 0 Å². The molecule has 9 heteroatoms. The van der Waals surface area contributed by atoms with E-state index in [0.29, 0.717) is 11.1 Å². The summed E-state index contributed by atoms with van der Waals surface area (Å²) in [6.07, 6.45) is 0.598. The third-order valence-corrected chi connectivity index (χ3v) is 6.46. The number of para-hydroxylation sites is 1. The molecule has 0 bridgehead atoms. The smallest absolute Gasteiger partial charge is 0.337 e. The Kier molecular flexibility index (Phi) is 6.61. The number of aliphatic hydroxyl groups excluding tert-OH is 1. The first-order chi connectivity index (χ1) is 18.0. The number of urea groups is 1. The fourth-order valence-electron chi connectivity index (χ4n) is 4.61. The van der Waals surface area contributed by atoms with Crippen LogP contribution in [-0.4, -0.2) is 51.2 Å². The summed E-state index contributed by atoms with van der Waals surface area (Å²) in [5.74, 6) is -1.14. The molecule has 3 amide bonds. The molecule has 2 unspecified atom stereocenters. The summed E-state index contributed by atoms with van der Waals surface area (Å²) in [5.41, 5.74) is 3.18. The molecule has 2 heterocycles. The number of aromatic amines is 1. The van der Waals surface area contributed by atoms with Crippen LogP contribution in [0, 0.1) is 0 Å². The molecule has 0 radical (unpaired) electrons. The number of carbonyl (C=O) groups excluding carboxylic acids is 3. The van der Waals surface area contributed by atoms with Crippen LogP contribution < -0.4 is 5.32 Å². The van der Waals surface area contributed by atoms with E-state index in [1.165, 1.54) is 7.11 Å². The summed E-state index contributed by atoms with van der Waals surface area (Å²) < 4.78 is 4.98. The summed E-state index contributed by atoms with van der Waals surface area (Å²) in [5, 5.41) is 16.8. The number of hydrogen-bond donors (Lipinski definition) is 3. The van der Waals surface area contributed by atoms with E-state index in [-0.39, 0.29) is 13.0 Å². The molecule has 1 aliphatic rings. The molecule has 0 spiro atoms. The van der Waals surface area contributed by atoms with Crippen molar-refractivity contribution in [3.63, 3.8) is 0 Å². The zero-order valence-corrected chi connectivity index (χ0v) is 20.1. The van der Waals surface area contributed by atoms with Crippen LogP contribution in [0.25, 0.3) is 10.9 Å². The molecule has 0 saturated heterocycles. The molecule has 5 rings (SSSR count). The highest BCUT2D eigenvalue weighted by Gasteiger charge is 2.42. The van der Waals surface area contributed by atoms with Crippen molar-refractivity contribution in [2.24, 2.45) is 0 Å². The Morgan fingerprint density at radius 3 is 2.51 bits per heavy atom. The van der Waals surface area contributed by atoms with Gasteiger partial charge in [0.15, 0.2) is 6.23 Å². The Morgan fingerprint density at radius 1 is 1.05 bits per heavy atom. The highest BCUT2D eigenvalue weighted by atomic mass is 16.5. The number of nitrogens with one attached hydrogen (secondary N) is 2. The van der Waals surface area contributed by atoms with Crippen LogP contribution in [0.15, 0.2) is 85.1 Å². The van der Waals surface area contributed by atoms with Gasteiger partial charge in [0.25, 0.3) is 5.91 Å². The summed E-state index contributed by atoms with van der Waals surface area (Å²) in [7, 11) is 1.25. The van der Waals surface area contributed by atoms with Crippen molar-refractivity contribution in [2.75, 3.05) is 7.11 Å². The minimum atomic E-state index is -1.36. The molecule has 3 N–H and O–H groups in total. The third-order valence-electron chi connectivity index (χ3n) is 6.46. The number of hydrogen-bond acceptors (Lipinski definition) is 5. The average Bonchev–Trinajstić information content (AvgIpc) is 3.45. The van der Waals surface area contributed by atoms with Crippen LogP contribution in [-0.2, 0) is 22.5 Å². The number of fused-ring (bicyclic) bond motifs is 2. The number of nitrogens with zero attached hydrogens (tertiary/aromatic N) is 2. The molecule has 2 atom stereocenters. The maximum absolute atomic E-state index is 13.7. The summed E-state index contributed by atoms with van der Waals surface area (Å²) in [6.45, 7) is -0.00948. The first-order valence-electron chi connectivity index (χ1n) is 11.8. The number of aliphatic hydroxyl groups is 1. The molecule has 0 saturated carbocycles. The normalized spacial score (nSPS) is 15.4. The second-order valence-corrected chi connectivity index (χ2v) is 8.74. The van der Waals surface area contributed by atoms with Crippen LogP contribution in [0.4, 0.5) is 4.79 Å². The number of ether oxygens (including phenoxy) is 1. The average molecular weight is 499 g/mol. The Morgan fingerprint density at radius 2 is 1.76 bits per heavy atom. The molecule has 3 aromatic carbocycles. The fraction of sp³-hybridized carbons (Fsp3) is 0.179. The summed E-state index contributed by atoms with van der Waals surface area (Å²) in [6, 6.07) is 21.6. The lowest BCUT2D eigenvalue weighted by atomic mass is 10.1. The van der Waals surface area contributed by atoms with Crippen LogP contribution in [0.2, 0.25) is 0 Å².